The number of nitrogens with zero attached hydrogens (tertiary/aromatic N) is 2. The van der Waals surface area contributed by atoms with Crippen LogP contribution in [0.5, 0.6) is 0 Å². The van der Waals surface area contributed by atoms with Crippen molar-refractivity contribution in [2.24, 2.45) is 5.92 Å². The van der Waals surface area contributed by atoms with Gasteiger partial charge in [0.05, 0.1) is 0 Å². The van der Waals surface area contributed by atoms with Gasteiger partial charge in [-0.15, -0.1) is 0 Å². The molecule has 1 saturated carbocycles. The van der Waals surface area contributed by atoms with Crippen molar-refractivity contribution in [2.45, 2.75) is 77.0 Å². The van der Waals surface area contributed by atoms with Gasteiger partial charge in [-0.05, 0) is 57.3 Å². The molecule has 0 unspecified atom stereocenters. The van der Waals surface area contributed by atoms with Gasteiger partial charge >= 0.3 is 0 Å². The maximum absolute atomic E-state index is 5.01. The number of aryl methyl sites for hydroxylation is 1. The molecule has 0 radical (unpaired) electrons. The van der Waals surface area contributed by atoms with Gasteiger partial charge in [-0.2, -0.15) is 0 Å². The Kier molecular flexibility index (Phi) is 4.77. The van der Waals surface area contributed by atoms with E-state index in [2.05, 4.69) is 12.2 Å². The molecule has 0 aliphatic heterocycles. The van der Waals surface area contributed by atoms with Crippen LogP contribution in [0, 0.1) is 5.92 Å². The zero-order valence-electron chi connectivity index (χ0n) is 13.6. The number of hydrogen-bond donors (Lipinski definition) is 1. The Hall–Kier alpha value is -1.12. The van der Waals surface area contributed by atoms with Gasteiger partial charge < -0.3 is 5.32 Å². The van der Waals surface area contributed by atoms with E-state index in [1.807, 2.05) is 7.05 Å². The number of rotatable bonds is 3. The summed E-state index contributed by atoms with van der Waals surface area (Å²) < 4.78 is 0. The summed E-state index contributed by atoms with van der Waals surface area (Å²) in [5, 5.41) is 3.33. The van der Waals surface area contributed by atoms with Crippen molar-refractivity contribution in [3.05, 3.63) is 17.1 Å². The van der Waals surface area contributed by atoms with Crippen molar-refractivity contribution in [1.29, 1.82) is 0 Å². The van der Waals surface area contributed by atoms with E-state index in [1.165, 1.54) is 62.6 Å². The molecule has 2 aliphatic carbocycles. The van der Waals surface area contributed by atoms with Gasteiger partial charge in [0.2, 0.25) is 0 Å². The summed E-state index contributed by atoms with van der Waals surface area (Å²) in [6.45, 7) is 2.32. The van der Waals surface area contributed by atoms with Crippen molar-refractivity contribution < 1.29 is 0 Å². The standard InChI is InChI=1S/C18H29N3/c1-3-13-9-11-14(12-10-13)17-20-16-8-6-4-5-7-15(16)18(19-2)21-17/h13-14H,3-12H2,1-2H3,(H,19,20,21). The highest BCUT2D eigenvalue weighted by Gasteiger charge is 2.25. The molecule has 3 nitrogen and oxygen atoms in total. The molecule has 3 heteroatoms. The van der Waals surface area contributed by atoms with Crippen LogP contribution in [0.3, 0.4) is 0 Å². The van der Waals surface area contributed by atoms with E-state index in [1.54, 1.807) is 0 Å². The van der Waals surface area contributed by atoms with Gasteiger partial charge in [-0.1, -0.05) is 19.8 Å². The smallest absolute Gasteiger partial charge is 0.134 e. The summed E-state index contributed by atoms with van der Waals surface area (Å²) in [5.41, 5.74) is 2.72. The van der Waals surface area contributed by atoms with Crippen LogP contribution in [0.2, 0.25) is 0 Å². The SMILES string of the molecule is CCC1CCC(c2nc3c(c(NC)n2)CCCCC3)CC1. The number of nitrogens with one attached hydrogen (secondary N) is 1. The van der Waals surface area contributed by atoms with Crippen molar-refractivity contribution >= 4 is 5.82 Å². The van der Waals surface area contributed by atoms with Gasteiger partial charge in [0.15, 0.2) is 0 Å². The molecule has 2 aliphatic rings. The number of anilines is 1. The molecule has 0 bridgehead atoms. The van der Waals surface area contributed by atoms with Crippen LogP contribution in [-0.4, -0.2) is 17.0 Å². The van der Waals surface area contributed by atoms with E-state index in [-0.39, 0.29) is 0 Å². The molecule has 3 rings (SSSR count). The molecule has 0 spiro atoms. The van der Waals surface area contributed by atoms with Crippen molar-refractivity contribution in [3.63, 3.8) is 0 Å². The van der Waals surface area contributed by atoms with Crippen molar-refractivity contribution in [2.75, 3.05) is 12.4 Å². The maximum atomic E-state index is 5.01. The minimum atomic E-state index is 0.591. The lowest BCUT2D eigenvalue weighted by Gasteiger charge is -2.27. The first-order valence-corrected chi connectivity index (χ1v) is 8.89. The van der Waals surface area contributed by atoms with Crippen LogP contribution in [-0.2, 0) is 12.8 Å². The van der Waals surface area contributed by atoms with Crippen molar-refractivity contribution in [1.82, 2.24) is 9.97 Å². The third kappa shape index (κ3) is 3.22. The predicted octanol–water partition coefficient (Wildman–Crippen LogP) is 4.47. The third-order valence-corrected chi connectivity index (χ3v) is 5.48. The summed E-state index contributed by atoms with van der Waals surface area (Å²) in [7, 11) is 2.01. The summed E-state index contributed by atoms with van der Waals surface area (Å²) in [6.07, 6.45) is 12.8. The molecule has 1 fully saturated rings. The second-order valence-corrected chi connectivity index (χ2v) is 6.79. The summed E-state index contributed by atoms with van der Waals surface area (Å²) in [6, 6.07) is 0. The van der Waals surface area contributed by atoms with Crippen LogP contribution >= 0.6 is 0 Å². The highest BCUT2D eigenvalue weighted by Crippen LogP contribution is 2.37. The fourth-order valence-electron chi connectivity index (χ4n) is 4.01. The third-order valence-electron chi connectivity index (χ3n) is 5.48. The van der Waals surface area contributed by atoms with E-state index in [9.17, 15) is 0 Å². The molecule has 1 N–H and O–H groups in total. The lowest BCUT2D eigenvalue weighted by atomic mass is 9.80. The van der Waals surface area contributed by atoms with Gasteiger partial charge in [-0.25, -0.2) is 9.97 Å². The Bertz CT molecular complexity index is 476. The summed E-state index contributed by atoms with van der Waals surface area (Å²) >= 11 is 0. The van der Waals surface area contributed by atoms with E-state index in [4.69, 9.17) is 9.97 Å². The minimum absolute atomic E-state index is 0.591. The Morgan fingerprint density at radius 2 is 1.76 bits per heavy atom. The molecular formula is C18H29N3. The Balaban J connectivity index is 1.84. The van der Waals surface area contributed by atoms with E-state index in [0.29, 0.717) is 5.92 Å². The molecule has 1 aromatic heterocycles. The van der Waals surface area contributed by atoms with Gasteiger partial charge in [0.25, 0.3) is 0 Å². The number of fused-ring (bicyclic) bond motifs is 1. The fourth-order valence-corrected chi connectivity index (χ4v) is 4.01. The molecular weight excluding hydrogens is 258 g/mol. The first-order chi connectivity index (χ1) is 10.3. The van der Waals surface area contributed by atoms with E-state index >= 15 is 0 Å². The highest BCUT2D eigenvalue weighted by molar-refractivity contribution is 5.47. The summed E-state index contributed by atoms with van der Waals surface area (Å²) in [5.74, 6) is 3.75. The lowest BCUT2D eigenvalue weighted by molar-refractivity contribution is 0.312. The van der Waals surface area contributed by atoms with E-state index in [0.717, 1.165) is 30.4 Å². The monoisotopic (exact) mass is 287 g/mol. The number of aromatic nitrogens is 2. The number of hydrogen-bond acceptors (Lipinski definition) is 3. The highest BCUT2D eigenvalue weighted by atomic mass is 15.0. The first-order valence-electron chi connectivity index (χ1n) is 8.89. The minimum Gasteiger partial charge on any atom is -0.373 e. The average Bonchev–Trinajstić information content (AvgIpc) is 2.79. The average molecular weight is 287 g/mol. The quantitative estimate of drug-likeness (QED) is 0.833. The predicted molar refractivity (Wildman–Crippen MR) is 87.8 cm³/mol. The Labute approximate surface area is 129 Å². The Morgan fingerprint density at radius 1 is 1.00 bits per heavy atom. The normalized spacial score (nSPS) is 26.0. The van der Waals surface area contributed by atoms with E-state index < -0.39 is 0 Å². The van der Waals surface area contributed by atoms with Crippen LogP contribution in [0.15, 0.2) is 0 Å². The maximum Gasteiger partial charge on any atom is 0.134 e. The molecule has 21 heavy (non-hydrogen) atoms. The molecule has 0 atom stereocenters. The van der Waals surface area contributed by atoms with Gasteiger partial charge in [0, 0.05) is 24.2 Å². The molecule has 0 aromatic carbocycles. The van der Waals surface area contributed by atoms with Gasteiger partial charge in [0.1, 0.15) is 11.6 Å². The molecule has 116 valence electrons. The van der Waals surface area contributed by atoms with Crippen LogP contribution in [0.1, 0.15) is 81.3 Å². The second-order valence-electron chi connectivity index (χ2n) is 6.79. The van der Waals surface area contributed by atoms with Crippen LogP contribution in [0.25, 0.3) is 0 Å². The first kappa shape index (κ1) is 14.8. The summed E-state index contributed by atoms with van der Waals surface area (Å²) in [4.78, 5) is 9.90. The van der Waals surface area contributed by atoms with Crippen LogP contribution < -0.4 is 5.32 Å². The molecule has 1 aromatic rings. The lowest BCUT2D eigenvalue weighted by Crippen LogP contribution is -2.17. The van der Waals surface area contributed by atoms with Crippen LogP contribution in [0.4, 0.5) is 5.82 Å². The molecule has 0 saturated heterocycles. The van der Waals surface area contributed by atoms with Gasteiger partial charge in [-0.3, -0.25) is 0 Å². The largest absolute Gasteiger partial charge is 0.373 e. The molecule has 0 amide bonds. The zero-order chi connectivity index (χ0) is 14.7. The second kappa shape index (κ2) is 6.76. The zero-order valence-corrected chi connectivity index (χ0v) is 13.6. The fraction of sp³-hybridized carbons (Fsp3) is 0.778. The topological polar surface area (TPSA) is 37.8 Å². The molecule has 1 heterocycles. The Morgan fingerprint density at radius 3 is 2.48 bits per heavy atom. The van der Waals surface area contributed by atoms with Crippen molar-refractivity contribution in [3.8, 4) is 0 Å².